The lowest BCUT2D eigenvalue weighted by molar-refractivity contribution is -0.135. The molecule has 0 atom stereocenters. The number of rotatable bonds is 3. The minimum atomic E-state index is -0.731. The fourth-order valence-corrected chi connectivity index (χ4v) is 3.18. The highest BCUT2D eigenvalue weighted by Gasteiger charge is 2.14. The van der Waals surface area contributed by atoms with Crippen molar-refractivity contribution in [3.8, 4) is 5.75 Å². The summed E-state index contributed by atoms with van der Waals surface area (Å²) in [5, 5.41) is 2.26. The first-order valence-electron chi connectivity index (χ1n) is 8.14. The highest BCUT2D eigenvalue weighted by atomic mass is 35.5. The maximum Gasteiger partial charge on any atom is 0.331 e. The van der Waals surface area contributed by atoms with E-state index in [1.165, 1.54) is 0 Å². The van der Waals surface area contributed by atoms with E-state index in [2.05, 4.69) is 4.98 Å². The van der Waals surface area contributed by atoms with E-state index in [1.807, 2.05) is 12.1 Å². The number of esters is 1. The van der Waals surface area contributed by atoms with Crippen LogP contribution in [-0.2, 0) is 11.3 Å². The molecule has 4 aromatic rings. The van der Waals surface area contributed by atoms with E-state index >= 15 is 0 Å². The van der Waals surface area contributed by atoms with E-state index < -0.39 is 23.8 Å². The van der Waals surface area contributed by atoms with Gasteiger partial charge in [0.05, 0.1) is 10.9 Å². The molecule has 0 unspecified atom stereocenters. The number of hydrogen-bond acceptors (Lipinski definition) is 4. The minimum absolute atomic E-state index is 0.310. The Bertz CT molecular complexity index is 1310. The van der Waals surface area contributed by atoms with Gasteiger partial charge in [0.15, 0.2) is 0 Å². The molecule has 1 aromatic heterocycles. The van der Waals surface area contributed by atoms with Gasteiger partial charge in [-0.25, -0.2) is 14.2 Å². The Labute approximate surface area is 157 Å². The molecule has 0 saturated heterocycles. The van der Waals surface area contributed by atoms with Gasteiger partial charge in [0.25, 0.3) is 5.56 Å². The molecule has 0 spiro atoms. The molecule has 27 heavy (non-hydrogen) atoms. The molecule has 0 bridgehead atoms. The molecule has 0 saturated carbocycles. The number of halogens is 1. The smallest absolute Gasteiger partial charge is 0.331 e. The summed E-state index contributed by atoms with van der Waals surface area (Å²) in [6, 6.07) is 17.0. The fourth-order valence-electron chi connectivity index (χ4n) is 2.95. The average Bonchev–Trinajstić information content (AvgIpc) is 2.67. The third-order valence-electron chi connectivity index (χ3n) is 4.23. The Morgan fingerprint density at radius 2 is 1.59 bits per heavy atom. The third kappa shape index (κ3) is 3.11. The van der Waals surface area contributed by atoms with Crippen LogP contribution in [0.5, 0.6) is 5.75 Å². The van der Waals surface area contributed by atoms with Gasteiger partial charge in [-0.2, -0.15) is 0 Å². The van der Waals surface area contributed by atoms with Gasteiger partial charge in [0, 0.05) is 15.8 Å². The van der Waals surface area contributed by atoms with Crippen molar-refractivity contribution >= 4 is 39.2 Å². The number of ether oxygens (including phenoxy) is 1. The van der Waals surface area contributed by atoms with Crippen molar-refractivity contribution in [1.29, 1.82) is 0 Å². The number of H-pyrrole nitrogens is 1. The lowest BCUT2D eigenvalue weighted by atomic mass is 10.1. The average molecular weight is 381 g/mol. The molecule has 7 heteroatoms. The van der Waals surface area contributed by atoms with Crippen molar-refractivity contribution in [2.75, 3.05) is 0 Å². The summed E-state index contributed by atoms with van der Waals surface area (Å²) < 4.78 is 6.22. The number of aromatic nitrogens is 2. The summed E-state index contributed by atoms with van der Waals surface area (Å²) in [6.45, 7) is -0.504. The van der Waals surface area contributed by atoms with Crippen LogP contribution in [-0.4, -0.2) is 15.5 Å². The second-order valence-electron chi connectivity index (χ2n) is 5.93. The molecule has 134 valence electrons. The van der Waals surface area contributed by atoms with E-state index in [1.54, 1.807) is 48.5 Å². The lowest BCUT2D eigenvalue weighted by Crippen LogP contribution is -2.38. The number of hydrogen-bond donors (Lipinski definition) is 1. The summed E-state index contributed by atoms with van der Waals surface area (Å²) in [6.07, 6.45) is 0. The van der Waals surface area contributed by atoms with Gasteiger partial charge < -0.3 is 9.72 Å². The second kappa shape index (κ2) is 6.74. The van der Waals surface area contributed by atoms with E-state index in [-0.39, 0.29) is 0 Å². The molecule has 4 rings (SSSR count). The van der Waals surface area contributed by atoms with Gasteiger partial charge in [-0.05, 0) is 24.3 Å². The van der Waals surface area contributed by atoms with E-state index in [0.29, 0.717) is 27.1 Å². The van der Waals surface area contributed by atoms with Crippen LogP contribution in [0.1, 0.15) is 0 Å². The van der Waals surface area contributed by atoms with Crippen molar-refractivity contribution in [2.45, 2.75) is 6.54 Å². The van der Waals surface area contributed by atoms with Crippen LogP contribution in [0.15, 0.2) is 70.3 Å². The van der Waals surface area contributed by atoms with Crippen LogP contribution < -0.4 is 16.0 Å². The first-order valence-corrected chi connectivity index (χ1v) is 8.52. The first-order chi connectivity index (χ1) is 13.0. The van der Waals surface area contributed by atoms with Crippen LogP contribution in [0.4, 0.5) is 0 Å². The largest absolute Gasteiger partial charge is 0.425 e. The molecular weight excluding hydrogens is 368 g/mol. The highest BCUT2D eigenvalue weighted by molar-refractivity contribution is 6.35. The molecule has 1 N–H and O–H groups in total. The minimum Gasteiger partial charge on any atom is -0.425 e. The lowest BCUT2D eigenvalue weighted by Gasteiger charge is -2.10. The zero-order valence-corrected chi connectivity index (χ0v) is 14.7. The molecule has 6 nitrogen and oxygen atoms in total. The Balaban J connectivity index is 1.69. The third-order valence-corrected chi connectivity index (χ3v) is 4.56. The number of aromatic amines is 1. The Kier molecular flexibility index (Phi) is 4.25. The van der Waals surface area contributed by atoms with Gasteiger partial charge in [-0.15, -0.1) is 0 Å². The SMILES string of the molecule is O=C(Cn1c(=O)[nH]c2ccccc2c1=O)Oc1ccc(Cl)c2ccccc12. The first kappa shape index (κ1) is 17.1. The topological polar surface area (TPSA) is 81.2 Å². The van der Waals surface area contributed by atoms with Crippen LogP contribution >= 0.6 is 11.6 Å². The Hall–Kier alpha value is -3.38. The van der Waals surface area contributed by atoms with Crippen molar-refractivity contribution in [1.82, 2.24) is 9.55 Å². The van der Waals surface area contributed by atoms with Gasteiger partial charge >= 0.3 is 11.7 Å². The molecule has 1 heterocycles. The predicted octanol–water partition coefficient (Wildman–Crippen LogP) is 3.10. The summed E-state index contributed by atoms with van der Waals surface area (Å²) in [7, 11) is 0. The summed E-state index contributed by atoms with van der Waals surface area (Å²) in [4.78, 5) is 39.7. The summed E-state index contributed by atoms with van der Waals surface area (Å²) >= 11 is 6.16. The van der Waals surface area contributed by atoms with Gasteiger partial charge in [0.1, 0.15) is 12.3 Å². The quantitative estimate of drug-likeness (QED) is 0.437. The molecule has 0 radical (unpaired) electrons. The Morgan fingerprint density at radius 1 is 0.926 bits per heavy atom. The van der Waals surface area contributed by atoms with Gasteiger partial charge in [-0.1, -0.05) is 48.0 Å². The van der Waals surface area contributed by atoms with E-state index in [0.717, 1.165) is 9.95 Å². The number of carbonyl (C=O) groups is 1. The summed E-state index contributed by atoms with van der Waals surface area (Å²) in [5.74, 6) is -0.421. The Morgan fingerprint density at radius 3 is 2.37 bits per heavy atom. The van der Waals surface area contributed by atoms with Crippen molar-refractivity contribution in [3.05, 3.63) is 86.5 Å². The zero-order valence-electron chi connectivity index (χ0n) is 13.9. The van der Waals surface area contributed by atoms with Gasteiger partial charge in [0.2, 0.25) is 0 Å². The fraction of sp³-hybridized carbons (Fsp3) is 0.0500. The van der Waals surface area contributed by atoms with Crippen molar-refractivity contribution in [2.24, 2.45) is 0 Å². The number of nitrogens with one attached hydrogen (secondary N) is 1. The number of para-hydroxylation sites is 1. The molecule has 0 amide bonds. The standard InChI is InChI=1S/C20H13ClN2O4/c21-15-9-10-17(13-6-2-1-5-12(13)15)27-18(24)11-23-19(25)14-7-3-4-8-16(14)22-20(23)26/h1-10H,11H2,(H,22,26). The monoisotopic (exact) mass is 380 g/mol. The highest BCUT2D eigenvalue weighted by Crippen LogP contribution is 2.31. The molecular formula is C20H13ClN2O4. The number of fused-ring (bicyclic) bond motifs is 2. The summed E-state index contributed by atoms with van der Waals surface area (Å²) in [5.41, 5.74) is -0.801. The second-order valence-corrected chi connectivity index (χ2v) is 6.34. The molecule has 0 aliphatic heterocycles. The number of carbonyl (C=O) groups excluding carboxylic acids is 1. The molecule has 3 aromatic carbocycles. The van der Waals surface area contributed by atoms with Crippen molar-refractivity contribution in [3.63, 3.8) is 0 Å². The maximum absolute atomic E-state index is 12.5. The zero-order chi connectivity index (χ0) is 19.0. The van der Waals surface area contributed by atoms with Crippen molar-refractivity contribution < 1.29 is 9.53 Å². The number of nitrogens with zero attached hydrogens (tertiary/aromatic N) is 1. The van der Waals surface area contributed by atoms with E-state index in [9.17, 15) is 14.4 Å². The maximum atomic E-state index is 12.5. The van der Waals surface area contributed by atoms with Crippen LogP contribution in [0.25, 0.3) is 21.7 Å². The predicted molar refractivity (Wildman–Crippen MR) is 103 cm³/mol. The number of benzene rings is 3. The van der Waals surface area contributed by atoms with E-state index in [4.69, 9.17) is 16.3 Å². The molecule has 0 fully saturated rings. The molecule has 0 aliphatic carbocycles. The van der Waals surface area contributed by atoms with Gasteiger partial charge in [-0.3, -0.25) is 4.79 Å². The normalized spacial score (nSPS) is 11.0. The molecule has 0 aliphatic rings. The van der Waals surface area contributed by atoms with Crippen LogP contribution in [0.2, 0.25) is 5.02 Å². The van der Waals surface area contributed by atoms with Crippen LogP contribution in [0, 0.1) is 0 Å². The van der Waals surface area contributed by atoms with Crippen LogP contribution in [0.3, 0.4) is 0 Å².